The number of rotatable bonds is 10. The van der Waals surface area contributed by atoms with Gasteiger partial charge in [0.25, 0.3) is 0 Å². The zero-order valence-corrected chi connectivity index (χ0v) is 16.5. The van der Waals surface area contributed by atoms with Gasteiger partial charge in [-0.05, 0) is 26.7 Å². The molecule has 0 saturated heterocycles. The molecule has 0 atom stereocenters. The van der Waals surface area contributed by atoms with Crippen molar-refractivity contribution in [2.75, 3.05) is 13.2 Å². The molecule has 0 rings (SSSR count). The molecule has 0 amide bonds. The van der Waals surface area contributed by atoms with Gasteiger partial charge in [0.1, 0.15) is 6.79 Å². The largest absolute Gasteiger partial charge is 0.466 e. The number of carbonyl (C=O) groups is 3. The minimum Gasteiger partial charge on any atom is -0.466 e. The van der Waals surface area contributed by atoms with Crippen LogP contribution in [0.3, 0.4) is 0 Å². The van der Waals surface area contributed by atoms with Gasteiger partial charge in [-0.1, -0.05) is 39.5 Å². The van der Waals surface area contributed by atoms with Crippen molar-refractivity contribution in [1.82, 2.24) is 0 Å². The molecule has 0 fully saturated rings. The van der Waals surface area contributed by atoms with Gasteiger partial charge in [0.15, 0.2) is 0 Å². The standard InChI is InChI=1S/2C8H16O2.CH2O.Cr/c2*1-3-5-6-7-8(9)10-4-2;1-2;/h2*3-7H2,1-2H3;1H2;. The van der Waals surface area contributed by atoms with Crippen LogP contribution in [0.2, 0.25) is 0 Å². The number of unbranched alkanes of at least 4 members (excludes halogenated alkanes) is 4. The van der Waals surface area contributed by atoms with Crippen molar-refractivity contribution in [2.45, 2.75) is 79.1 Å². The van der Waals surface area contributed by atoms with Crippen molar-refractivity contribution in [3.63, 3.8) is 0 Å². The van der Waals surface area contributed by atoms with E-state index >= 15 is 0 Å². The number of carbonyl (C=O) groups excluding carboxylic acids is 3. The van der Waals surface area contributed by atoms with Crippen molar-refractivity contribution < 1.29 is 41.2 Å². The first-order valence-electron chi connectivity index (χ1n) is 8.22. The van der Waals surface area contributed by atoms with E-state index in [0.29, 0.717) is 26.1 Å². The third-order valence-corrected chi connectivity index (χ3v) is 2.58. The maximum absolute atomic E-state index is 10.7. The van der Waals surface area contributed by atoms with Gasteiger partial charge in [-0.3, -0.25) is 9.59 Å². The molecule has 0 aromatic rings. The third kappa shape index (κ3) is 33.8. The first kappa shape index (κ1) is 30.1. The maximum atomic E-state index is 10.7. The summed E-state index contributed by atoms with van der Waals surface area (Å²) >= 11 is 0. The molecule has 0 radical (unpaired) electrons. The van der Waals surface area contributed by atoms with Gasteiger partial charge in [0.05, 0.1) is 13.2 Å². The van der Waals surface area contributed by atoms with E-state index in [1.54, 1.807) is 0 Å². The summed E-state index contributed by atoms with van der Waals surface area (Å²) in [4.78, 5) is 29.4. The smallest absolute Gasteiger partial charge is 0.305 e. The van der Waals surface area contributed by atoms with Crippen LogP contribution in [0.15, 0.2) is 0 Å². The van der Waals surface area contributed by atoms with Crippen molar-refractivity contribution in [3.8, 4) is 0 Å². The Morgan fingerprint density at radius 3 is 1.22 bits per heavy atom. The molecule has 0 aliphatic carbocycles. The molecule has 0 aliphatic heterocycles. The fraction of sp³-hybridized carbons (Fsp3) is 0.824. The Hall–Kier alpha value is -0.858. The van der Waals surface area contributed by atoms with E-state index < -0.39 is 0 Å². The zero-order chi connectivity index (χ0) is 17.6. The molecule has 5 nitrogen and oxygen atoms in total. The average molecular weight is 370 g/mol. The molecule has 23 heavy (non-hydrogen) atoms. The van der Waals surface area contributed by atoms with Gasteiger partial charge in [0.2, 0.25) is 0 Å². The molecule has 0 bridgehead atoms. The molecule has 0 N–H and O–H groups in total. The molecular formula is C17H34CrO5. The molecule has 0 heterocycles. The van der Waals surface area contributed by atoms with E-state index in [1.165, 1.54) is 0 Å². The summed E-state index contributed by atoms with van der Waals surface area (Å²) in [5, 5.41) is 0. The van der Waals surface area contributed by atoms with E-state index in [0.717, 1.165) is 38.5 Å². The SMILES string of the molecule is C=O.CCCCCC(=O)OCC.CCCCCC(=O)OCC.[Cr]. The Balaban J connectivity index is -0.000000136. The summed E-state index contributed by atoms with van der Waals surface area (Å²) in [5.41, 5.74) is 0. The predicted octanol–water partition coefficient (Wildman–Crippen LogP) is 4.07. The Morgan fingerprint density at radius 1 is 0.696 bits per heavy atom. The van der Waals surface area contributed by atoms with Crippen LogP contribution in [0.5, 0.6) is 0 Å². The first-order chi connectivity index (χ1) is 10.6. The molecule has 0 aromatic carbocycles. The van der Waals surface area contributed by atoms with E-state index in [9.17, 15) is 9.59 Å². The van der Waals surface area contributed by atoms with E-state index in [-0.39, 0.29) is 29.3 Å². The van der Waals surface area contributed by atoms with Crippen molar-refractivity contribution in [1.29, 1.82) is 0 Å². The summed E-state index contributed by atoms with van der Waals surface area (Å²) in [7, 11) is 0. The van der Waals surface area contributed by atoms with E-state index in [4.69, 9.17) is 14.3 Å². The predicted molar refractivity (Wildman–Crippen MR) is 88.7 cm³/mol. The summed E-state index contributed by atoms with van der Waals surface area (Å²) in [6.45, 7) is 10.9. The monoisotopic (exact) mass is 370 g/mol. The number of ether oxygens (including phenoxy) is 2. The molecule has 0 spiro atoms. The Labute approximate surface area is 152 Å². The quantitative estimate of drug-likeness (QED) is 0.428. The van der Waals surface area contributed by atoms with Crippen LogP contribution in [-0.2, 0) is 41.2 Å². The summed E-state index contributed by atoms with van der Waals surface area (Å²) < 4.78 is 9.50. The number of hydrogen-bond donors (Lipinski definition) is 0. The number of hydrogen-bond acceptors (Lipinski definition) is 5. The molecule has 0 aromatic heterocycles. The molecule has 0 unspecified atom stereocenters. The normalized spacial score (nSPS) is 8.35. The van der Waals surface area contributed by atoms with Crippen LogP contribution in [0.1, 0.15) is 79.1 Å². The minimum atomic E-state index is -0.0593. The van der Waals surface area contributed by atoms with Gasteiger partial charge >= 0.3 is 11.9 Å². The van der Waals surface area contributed by atoms with Crippen molar-refractivity contribution in [3.05, 3.63) is 0 Å². The molecule has 138 valence electrons. The second-order valence-electron chi connectivity index (χ2n) is 4.52. The van der Waals surface area contributed by atoms with Gasteiger partial charge < -0.3 is 14.3 Å². The molecule has 6 heteroatoms. The van der Waals surface area contributed by atoms with Gasteiger partial charge in [0, 0.05) is 30.2 Å². The van der Waals surface area contributed by atoms with Crippen LogP contribution in [0, 0.1) is 0 Å². The van der Waals surface area contributed by atoms with Crippen LogP contribution in [-0.4, -0.2) is 31.9 Å². The van der Waals surface area contributed by atoms with Gasteiger partial charge in [-0.15, -0.1) is 0 Å². The van der Waals surface area contributed by atoms with Gasteiger partial charge in [-0.25, -0.2) is 0 Å². The zero-order valence-electron chi connectivity index (χ0n) is 15.2. The second kappa shape index (κ2) is 29.2. The summed E-state index contributed by atoms with van der Waals surface area (Å²) in [5.74, 6) is -0.119. The van der Waals surface area contributed by atoms with Crippen LogP contribution in [0.25, 0.3) is 0 Å². The van der Waals surface area contributed by atoms with E-state index in [1.807, 2.05) is 20.6 Å². The Kier molecular flexibility index (Phi) is 38.2. The first-order valence-corrected chi connectivity index (χ1v) is 8.22. The number of esters is 2. The summed E-state index contributed by atoms with van der Waals surface area (Å²) in [6, 6.07) is 0. The van der Waals surface area contributed by atoms with Crippen molar-refractivity contribution >= 4 is 18.7 Å². The second-order valence-corrected chi connectivity index (χ2v) is 4.52. The van der Waals surface area contributed by atoms with Crippen LogP contribution < -0.4 is 0 Å². The minimum absolute atomic E-state index is 0. The third-order valence-electron chi connectivity index (χ3n) is 2.58. The fourth-order valence-electron chi connectivity index (χ4n) is 1.50. The topological polar surface area (TPSA) is 69.7 Å². The maximum Gasteiger partial charge on any atom is 0.305 e. The molecule has 0 saturated carbocycles. The van der Waals surface area contributed by atoms with Crippen LogP contribution in [0.4, 0.5) is 0 Å². The van der Waals surface area contributed by atoms with Crippen LogP contribution >= 0.6 is 0 Å². The molecular weight excluding hydrogens is 336 g/mol. The van der Waals surface area contributed by atoms with Gasteiger partial charge in [-0.2, -0.15) is 0 Å². The van der Waals surface area contributed by atoms with Crippen molar-refractivity contribution in [2.24, 2.45) is 0 Å². The summed E-state index contributed by atoms with van der Waals surface area (Å²) in [6.07, 6.45) is 7.66. The average Bonchev–Trinajstić information content (AvgIpc) is 2.51. The Bertz CT molecular complexity index is 223. The Morgan fingerprint density at radius 2 is 1.00 bits per heavy atom. The fourth-order valence-corrected chi connectivity index (χ4v) is 1.50. The molecule has 0 aliphatic rings. The van der Waals surface area contributed by atoms with E-state index in [2.05, 4.69) is 13.8 Å².